The van der Waals surface area contributed by atoms with Crippen LogP contribution in [0.4, 0.5) is 4.79 Å². The van der Waals surface area contributed by atoms with Gasteiger partial charge in [0, 0.05) is 0 Å². The second-order valence-electron chi connectivity index (χ2n) is 7.11. The van der Waals surface area contributed by atoms with Gasteiger partial charge in [0.2, 0.25) is 5.91 Å². The monoisotopic (exact) mass is 334 g/mol. The maximum atomic E-state index is 12.7. The van der Waals surface area contributed by atoms with Crippen molar-refractivity contribution in [2.75, 3.05) is 13.7 Å². The van der Waals surface area contributed by atoms with E-state index in [4.69, 9.17) is 4.74 Å². The zero-order valence-electron chi connectivity index (χ0n) is 14.7. The number of benzene rings is 1. The van der Waals surface area contributed by atoms with Gasteiger partial charge in [-0.2, -0.15) is 0 Å². The third-order valence-electron chi connectivity index (χ3n) is 4.01. The van der Waals surface area contributed by atoms with E-state index in [0.717, 1.165) is 5.56 Å². The van der Waals surface area contributed by atoms with E-state index in [1.54, 1.807) is 0 Å². The molecule has 0 aromatic heterocycles. The number of epoxide rings is 1. The number of carbonyl (C=O) groups excluding carboxylic acids is 2. The molecule has 1 heterocycles. The minimum Gasteiger partial charge on any atom is -0.453 e. The standard InChI is InChI=1S/C18H26N2O4/c1-18(2,3)15(20-17(22)23-4)16(21)19-13(14-11-24-14)10-12-8-6-5-7-9-12/h5-9,13-15H,10-11H2,1-4H3,(H,19,21)(H,20,22)/t13-,14?,15+/m0/s1. The first-order chi connectivity index (χ1) is 11.3. The van der Waals surface area contributed by atoms with Gasteiger partial charge in [0.1, 0.15) is 12.1 Å². The van der Waals surface area contributed by atoms with Crippen molar-refractivity contribution < 1.29 is 19.1 Å². The second kappa shape index (κ2) is 7.66. The SMILES string of the molecule is COC(=O)N[C@H](C(=O)N[C@@H](Cc1ccccc1)C1CO1)C(C)(C)C. The zero-order chi connectivity index (χ0) is 17.7. The summed E-state index contributed by atoms with van der Waals surface area (Å²) in [6, 6.07) is 9.13. The maximum absolute atomic E-state index is 12.7. The number of alkyl carbamates (subject to hydrolysis) is 1. The first-order valence-electron chi connectivity index (χ1n) is 8.11. The summed E-state index contributed by atoms with van der Waals surface area (Å²) in [6.07, 6.45) is 0.0899. The van der Waals surface area contributed by atoms with Crippen LogP contribution in [-0.4, -0.2) is 43.9 Å². The highest BCUT2D eigenvalue weighted by Crippen LogP contribution is 2.22. The average Bonchev–Trinajstić information content (AvgIpc) is 3.36. The Kier molecular flexibility index (Phi) is 5.83. The van der Waals surface area contributed by atoms with Gasteiger partial charge in [-0.25, -0.2) is 4.79 Å². The summed E-state index contributed by atoms with van der Waals surface area (Å²) < 4.78 is 10.0. The number of hydrogen-bond acceptors (Lipinski definition) is 4. The van der Waals surface area contributed by atoms with E-state index in [0.29, 0.717) is 13.0 Å². The van der Waals surface area contributed by atoms with Gasteiger partial charge in [-0.3, -0.25) is 4.79 Å². The molecule has 2 amide bonds. The molecule has 1 saturated heterocycles. The van der Waals surface area contributed by atoms with Crippen molar-refractivity contribution in [1.82, 2.24) is 10.6 Å². The highest BCUT2D eigenvalue weighted by Gasteiger charge is 2.38. The number of rotatable bonds is 6. The molecule has 1 aromatic rings. The number of ether oxygens (including phenoxy) is 2. The van der Waals surface area contributed by atoms with Crippen molar-refractivity contribution in [3.63, 3.8) is 0 Å². The lowest BCUT2D eigenvalue weighted by Gasteiger charge is -2.31. The Morgan fingerprint density at radius 3 is 2.38 bits per heavy atom. The highest BCUT2D eigenvalue weighted by atomic mass is 16.6. The van der Waals surface area contributed by atoms with Crippen LogP contribution < -0.4 is 10.6 Å². The lowest BCUT2D eigenvalue weighted by Crippen LogP contribution is -2.56. The van der Waals surface area contributed by atoms with Crippen LogP contribution in [0.5, 0.6) is 0 Å². The van der Waals surface area contributed by atoms with Gasteiger partial charge >= 0.3 is 6.09 Å². The van der Waals surface area contributed by atoms with Crippen molar-refractivity contribution in [2.45, 2.75) is 45.4 Å². The molecule has 6 heteroatoms. The van der Waals surface area contributed by atoms with Crippen molar-refractivity contribution in [3.05, 3.63) is 35.9 Å². The Bertz CT molecular complexity index is 564. The third-order valence-corrected chi connectivity index (χ3v) is 4.01. The highest BCUT2D eigenvalue weighted by molar-refractivity contribution is 5.86. The summed E-state index contributed by atoms with van der Waals surface area (Å²) in [5, 5.41) is 5.65. The van der Waals surface area contributed by atoms with Gasteiger partial charge < -0.3 is 20.1 Å². The summed E-state index contributed by atoms with van der Waals surface area (Å²) in [5.74, 6) is -0.232. The molecular weight excluding hydrogens is 308 g/mol. The maximum Gasteiger partial charge on any atom is 0.407 e. The fourth-order valence-electron chi connectivity index (χ4n) is 2.55. The Hall–Kier alpha value is -2.08. The van der Waals surface area contributed by atoms with Gasteiger partial charge in [-0.15, -0.1) is 0 Å². The Morgan fingerprint density at radius 2 is 1.88 bits per heavy atom. The lowest BCUT2D eigenvalue weighted by atomic mass is 9.86. The molecule has 0 radical (unpaired) electrons. The van der Waals surface area contributed by atoms with E-state index in [2.05, 4.69) is 15.4 Å². The van der Waals surface area contributed by atoms with E-state index in [9.17, 15) is 9.59 Å². The molecule has 0 bridgehead atoms. The van der Waals surface area contributed by atoms with Crippen LogP contribution in [0.25, 0.3) is 0 Å². The van der Waals surface area contributed by atoms with Gasteiger partial charge in [-0.05, 0) is 17.4 Å². The van der Waals surface area contributed by atoms with E-state index >= 15 is 0 Å². The van der Waals surface area contributed by atoms with Crippen LogP contribution in [0.2, 0.25) is 0 Å². The third kappa shape index (κ3) is 5.23. The molecule has 1 aromatic carbocycles. The predicted octanol–water partition coefficient (Wildman–Crippen LogP) is 1.88. The second-order valence-corrected chi connectivity index (χ2v) is 7.11. The smallest absolute Gasteiger partial charge is 0.407 e. The van der Waals surface area contributed by atoms with E-state index in [1.165, 1.54) is 7.11 Å². The predicted molar refractivity (Wildman–Crippen MR) is 90.6 cm³/mol. The number of hydrogen-bond donors (Lipinski definition) is 2. The molecule has 0 saturated carbocycles. The van der Waals surface area contributed by atoms with E-state index in [1.807, 2.05) is 51.1 Å². The molecule has 2 rings (SSSR count). The number of methoxy groups -OCH3 is 1. The van der Waals surface area contributed by atoms with E-state index in [-0.39, 0.29) is 18.1 Å². The molecular formula is C18H26N2O4. The Morgan fingerprint density at radius 1 is 1.25 bits per heavy atom. The molecule has 3 atom stereocenters. The molecule has 1 aliphatic rings. The summed E-state index contributed by atoms with van der Waals surface area (Å²) >= 11 is 0. The number of nitrogens with one attached hydrogen (secondary N) is 2. The first-order valence-corrected chi connectivity index (χ1v) is 8.11. The summed E-state index contributed by atoms with van der Waals surface area (Å²) in [5.41, 5.74) is 0.687. The molecule has 6 nitrogen and oxygen atoms in total. The minimum atomic E-state index is -0.693. The summed E-state index contributed by atoms with van der Waals surface area (Å²) in [4.78, 5) is 24.3. The molecule has 132 valence electrons. The number of carbonyl (C=O) groups is 2. The van der Waals surface area contributed by atoms with Gasteiger partial charge in [-0.1, -0.05) is 51.1 Å². The van der Waals surface area contributed by atoms with Gasteiger partial charge in [0.05, 0.1) is 19.8 Å². The first kappa shape index (κ1) is 18.3. The van der Waals surface area contributed by atoms with Crippen LogP contribution in [0, 0.1) is 5.41 Å². The van der Waals surface area contributed by atoms with Crippen molar-refractivity contribution in [3.8, 4) is 0 Å². The molecule has 24 heavy (non-hydrogen) atoms. The molecule has 1 fully saturated rings. The molecule has 0 aliphatic carbocycles. The molecule has 1 aliphatic heterocycles. The topological polar surface area (TPSA) is 80.0 Å². The minimum absolute atomic E-state index is 0.0212. The van der Waals surface area contributed by atoms with Crippen molar-refractivity contribution in [2.24, 2.45) is 5.41 Å². The van der Waals surface area contributed by atoms with Gasteiger partial charge in [0.25, 0.3) is 0 Å². The van der Waals surface area contributed by atoms with Gasteiger partial charge in [0.15, 0.2) is 0 Å². The molecule has 0 spiro atoms. The Balaban J connectivity index is 2.06. The van der Waals surface area contributed by atoms with Crippen molar-refractivity contribution >= 4 is 12.0 Å². The van der Waals surface area contributed by atoms with Crippen LogP contribution in [0.3, 0.4) is 0 Å². The fraction of sp³-hybridized carbons (Fsp3) is 0.556. The number of amides is 2. The van der Waals surface area contributed by atoms with E-state index < -0.39 is 17.6 Å². The van der Waals surface area contributed by atoms with Crippen LogP contribution in [-0.2, 0) is 20.7 Å². The van der Waals surface area contributed by atoms with Crippen molar-refractivity contribution in [1.29, 1.82) is 0 Å². The fourth-order valence-corrected chi connectivity index (χ4v) is 2.55. The Labute approximate surface area is 142 Å². The van der Waals surface area contributed by atoms with Crippen LogP contribution in [0.1, 0.15) is 26.3 Å². The lowest BCUT2D eigenvalue weighted by molar-refractivity contribution is -0.126. The van der Waals surface area contributed by atoms with Crippen LogP contribution >= 0.6 is 0 Å². The molecule has 2 N–H and O–H groups in total. The largest absolute Gasteiger partial charge is 0.453 e. The average molecular weight is 334 g/mol. The summed E-state index contributed by atoms with van der Waals surface area (Å²) in [6.45, 7) is 6.33. The van der Waals surface area contributed by atoms with Crippen LogP contribution in [0.15, 0.2) is 30.3 Å². The quantitative estimate of drug-likeness (QED) is 0.779. The summed E-state index contributed by atoms with van der Waals surface area (Å²) in [7, 11) is 1.28. The normalized spacial score (nSPS) is 19.1. The zero-order valence-corrected chi connectivity index (χ0v) is 14.7. The molecule has 1 unspecified atom stereocenters.